The first-order chi connectivity index (χ1) is 8.99. The quantitative estimate of drug-likeness (QED) is 0.574. The van der Waals surface area contributed by atoms with Crippen molar-refractivity contribution in [3.63, 3.8) is 0 Å². The van der Waals surface area contributed by atoms with Crippen molar-refractivity contribution in [1.82, 2.24) is 10.6 Å². The standard InChI is InChI=1S/C11H15N3O4S/c12-9(15)2-1-8(10(16)17)14-11(18)13-5-7-3-4-19-6-7/h3-4,6,8H,1-2,5H2,(H2,12,15)(H,16,17)(H2,13,14,18)/t8-/m0/s1. The monoisotopic (exact) mass is 285 g/mol. The Morgan fingerprint density at radius 1 is 1.42 bits per heavy atom. The van der Waals surface area contributed by atoms with Crippen LogP contribution in [0.1, 0.15) is 18.4 Å². The molecule has 7 nitrogen and oxygen atoms in total. The second-order valence-corrected chi connectivity index (χ2v) is 4.63. The lowest BCUT2D eigenvalue weighted by Crippen LogP contribution is -2.46. The van der Waals surface area contributed by atoms with Gasteiger partial charge in [0.25, 0.3) is 0 Å². The maximum atomic E-state index is 11.5. The molecule has 0 radical (unpaired) electrons. The molecule has 0 bridgehead atoms. The SMILES string of the molecule is NC(=O)CC[C@H](NC(=O)NCc1ccsc1)C(=O)O. The van der Waals surface area contributed by atoms with Gasteiger partial charge in [-0.2, -0.15) is 11.3 Å². The van der Waals surface area contributed by atoms with Crippen molar-refractivity contribution in [1.29, 1.82) is 0 Å². The number of thiophene rings is 1. The molecular formula is C11H15N3O4S. The van der Waals surface area contributed by atoms with Crippen LogP contribution in [0.5, 0.6) is 0 Å². The summed E-state index contributed by atoms with van der Waals surface area (Å²) < 4.78 is 0. The first-order valence-corrected chi connectivity index (χ1v) is 6.50. The van der Waals surface area contributed by atoms with Crippen LogP contribution in [0.4, 0.5) is 4.79 Å². The van der Waals surface area contributed by atoms with Gasteiger partial charge in [-0.25, -0.2) is 9.59 Å². The van der Waals surface area contributed by atoms with Crippen LogP contribution in [0.15, 0.2) is 16.8 Å². The summed E-state index contributed by atoms with van der Waals surface area (Å²) in [6.07, 6.45) is -0.127. The topological polar surface area (TPSA) is 122 Å². The van der Waals surface area contributed by atoms with Crippen LogP contribution in [-0.4, -0.2) is 29.1 Å². The summed E-state index contributed by atoms with van der Waals surface area (Å²) >= 11 is 1.50. The van der Waals surface area contributed by atoms with E-state index < -0.39 is 23.9 Å². The van der Waals surface area contributed by atoms with Gasteiger partial charge in [-0.1, -0.05) is 0 Å². The van der Waals surface area contributed by atoms with Gasteiger partial charge in [-0.05, 0) is 28.8 Å². The number of nitrogens with one attached hydrogen (secondary N) is 2. The average Bonchev–Trinajstić information content (AvgIpc) is 2.84. The van der Waals surface area contributed by atoms with Gasteiger partial charge >= 0.3 is 12.0 Å². The molecule has 8 heteroatoms. The predicted molar refractivity (Wildman–Crippen MR) is 69.5 cm³/mol. The summed E-state index contributed by atoms with van der Waals surface area (Å²) in [5.74, 6) is -1.81. The summed E-state index contributed by atoms with van der Waals surface area (Å²) in [5.41, 5.74) is 5.87. The van der Waals surface area contributed by atoms with Crippen LogP contribution in [0, 0.1) is 0 Å². The van der Waals surface area contributed by atoms with Gasteiger partial charge in [0.2, 0.25) is 5.91 Å². The largest absolute Gasteiger partial charge is 0.480 e. The Labute approximate surface area is 113 Å². The zero-order valence-electron chi connectivity index (χ0n) is 10.1. The van der Waals surface area contributed by atoms with Crippen LogP contribution < -0.4 is 16.4 Å². The number of carboxylic acid groups (broad SMARTS) is 1. The van der Waals surface area contributed by atoms with Crippen molar-refractivity contribution in [3.05, 3.63) is 22.4 Å². The van der Waals surface area contributed by atoms with Gasteiger partial charge < -0.3 is 21.5 Å². The number of urea groups is 1. The molecule has 3 amide bonds. The van der Waals surface area contributed by atoms with E-state index >= 15 is 0 Å². The van der Waals surface area contributed by atoms with E-state index in [9.17, 15) is 14.4 Å². The van der Waals surface area contributed by atoms with Crippen LogP contribution >= 0.6 is 11.3 Å². The molecule has 0 aliphatic heterocycles. The Hall–Kier alpha value is -2.09. The van der Waals surface area contributed by atoms with Gasteiger partial charge in [-0.3, -0.25) is 4.79 Å². The minimum atomic E-state index is -1.20. The van der Waals surface area contributed by atoms with Crippen molar-refractivity contribution < 1.29 is 19.5 Å². The number of carbonyl (C=O) groups excluding carboxylic acids is 2. The maximum absolute atomic E-state index is 11.5. The first-order valence-electron chi connectivity index (χ1n) is 5.55. The third-order valence-electron chi connectivity index (χ3n) is 2.32. The molecular weight excluding hydrogens is 270 g/mol. The molecule has 0 unspecified atom stereocenters. The number of primary amides is 1. The molecule has 0 aliphatic carbocycles. The molecule has 0 saturated heterocycles. The van der Waals surface area contributed by atoms with Gasteiger partial charge in [-0.15, -0.1) is 0 Å². The molecule has 0 saturated carbocycles. The highest BCUT2D eigenvalue weighted by Gasteiger charge is 2.20. The number of nitrogens with two attached hydrogens (primary N) is 1. The molecule has 104 valence electrons. The molecule has 1 rings (SSSR count). The van der Waals surface area contributed by atoms with Crippen LogP contribution in [0.3, 0.4) is 0 Å². The van der Waals surface area contributed by atoms with Crippen molar-refractivity contribution >= 4 is 29.2 Å². The lowest BCUT2D eigenvalue weighted by atomic mass is 10.1. The van der Waals surface area contributed by atoms with Gasteiger partial charge in [0.05, 0.1) is 0 Å². The van der Waals surface area contributed by atoms with E-state index in [2.05, 4.69) is 10.6 Å². The Kier molecular flexibility index (Phi) is 5.80. The third-order valence-corrected chi connectivity index (χ3v) is 3.05. The van der Waals surface area contributed by atoms with Crippen molar-refractivity contribution in [2.45, 2.75) is 25.4 Å². The second-order valence-electron chi connectivity index (χ2n) is 3.85. The lowest BCUT2D eigenvalue weighted by molar-refractivity contribution is -0.139. The van der Waals surface area contributed by atoms with E-state index in [-0.39, 0.29) is 12.8 Å². The highest BCUT2D eigenvalue weighted by atomic mass is 32.1. The molecule has 0 aliphatic rings. The summed E-state index contributed by atoms with van der Waals surface area (Å²) in [7, 11) is 0. The zero-order chi connectivity index (χ0) is 14.3. The number of aliphatic carboxylic acids is 1. The molecule has 1 aromatic rings. The van der Waals surface area contributed by atoms with Crippen LogP contribution in [0.25, 0.3) is 0 Å². The number of rotatable bonds is 7. The fraction of sp³-hybridized carbons (Fsp3) is 0.364. The van der Waals surface area contributed by atoms with Gasteiger partial charge in [0.15, 0.2) is 0 Å². The van der Waals surface area contributed by atoms with E-state index in [4.69, 9.17) is 10.8 Å². The Balaban J connectivity index is 2.38. The summed E-state index contributed by atoms with van der Waals surface area (Å²) in [6.45, 7) is 0.317. The van der Waals surface area contributed by atoms with Crippen molar-refractivity contribution in [3.8, 4) is 0 Å². The van der Waals surface area contributed by atoms with Crippen molar-refractivity contribution in [2.75, 3.05) is 0 Å². The fourth-order valence-corrected chi connectivity index (χ4v) is 2.00. The Morgan fingerprint density at radius 3 is 2.68 bits per heavy atom. The van der Waals surface area contributed by atoms with E-state index in [0.717, 1.165) is 5.56 Å². The average molecular weight is 285 g/mol. The van der Waals surface area contributed by atoms with E-state index in [1.165, 1.54) is 11.3 Å². The Bertz CT molecular complexity index is 447. The summed E-state index contributed by atoms with van der Waals surface area (Å²) in [4.78, 5) is 33.0. The highest BCUT2D eigenvalue weighted by molar-refractivity contribution is 7.07. The number of carbonyl (C=O) groups is 3. The molecule has 19 heavy (non-hydrogen) atoms. The molecule has 1 heterocycles. The fourth-order valence-electron chi connectivity index (χ4n) is 1.33. The number of carboxylic acids is 1. The molecule has 0 spiro atoms. The molecule has 1 atom stereocenters. The highest BCUT2D eigenvalue weighted by Crippen LogP contribution is 2.05. The van der Waals surface area contributed by atoms with E-state index in [1.54, 1.807) is 0 Å². The van der Waals surface area contributed by atoms with E-state index in [1.807, 2.05) is 16.8 Å². The summed E-state index contributed by atoms with van der Waals surface area (Å²) in [5, 5.41) is 17.5. The second kappa shape index (κ2) is 7.37. The van der Waals surface area contributed by atoms with Crippen LogP contribution in [0.2, 0.25) is 0 Å². The molecule has 1 aromatic heterocycles. The smallest absolute Gasteiger partial charge is 0.326 e. The van der Waals surface area contributed by atoms with Gasteiger partial charge in [0, 0.05) is 13.0 Å². The minimum absolute atomic E-state index is 0.0312. The number of hydrogen-bond acceptors (Lipinski definition) is 4. The van der Waals surface area contributed by atoms with Gasteiger partial charge in [0.1, 0.15) is 6.04 Å². The maximum Gasteiger partial charge on any atom is 0.326 e. The molecule has 5 N–H and O–H groups in total. The Morgan fingerprint density at radius 2 is 2.16 bits per heavy atom. The van der Waals surface area contributed by atoms with Crippen molar-refractivity contribution in [2.24, 2.45) is 5.73 Å². The number of hydrogen-bond donors (Lipinski definition) is 4. The molecule has 0 fully saturated rings. The normalized spacial score (nSPS) is 11.6. The summed E-state index contributed by atoms with van der Waals surface area (Å²) in [6, 6.07) is 0.130. The molecule has 0 aromatic carbocycles. The lowest BCUT2D eigenvalue weighted by Gasteiger charge is -2.14. The third kappa shape index (κ3) is 5.87. The predicted octanol–water partition coefficient (Wildman–Crippen LogP) is 0.266. The minimum Gasteiger partial charge on any atom is -0.480 e. The zero-order valence-corrected chi connectivity index (χ0v) is 10.9. The van der Waals surface area contributed by atoms with E-state index in [0.29, 0.717) is 6.54 Å². The first kappa shape index (κ1) is 15.0. The number of amides is 3. The van der Waals surface area contributed by atoms with Crippen LogP contribution in [-0.2, 0) is 16.1 Å².